The van der Waals surface area contributed by atoms with Crippen LogP contribution in [0.2, 0.25) is 0 Å². The smallest absolute Gasteiger partial charge is 0.319 e. The van der Waals surface area contributed by atoms with Gasteiger partial charge in [0, 0.05) is 20.3 Å². The lowest BCUT2D eigenvalue weighted by Gasteiger charge is -2.01. The van der Waals surface area contributed by atoms with Crippen molar-refractivity contribution >= 4 is 23.4 Å². The first-order chi connectivity index (χ1) is 7.45. The molecule has 0 unspecified atom stereocenters. The molecule has 0 atom stereocenters. The van der Waals surface area contributed by atoms with Crippen LogP contribution in [-0.2, 0) is 19.3 Å². The molecule has 0 bridgehead atoms. The summed E-state index contributed by atoms with van der Waals surface area (Å²) in [5.74, 6) is -0.949. The van der Waals surface area contributed by atoms with Gasteiger partial charge in [-0.1, -0.05) is 17.2 Å². The van der Waals surface area contributed by atoms with Crippen molar-refractivity contribution in [2.75, 3.05) is 0 Å². The predicted molar refractivity (Wildman–Crippen MR) is 59.0 cm³/mol. The van der Waals surface area contributed by atoms with Gasteiger partial charge in [-0.05, 0) is 13.3 Å². The first kappa shape index (κ1) is 14.3. The van der Waals surface area contributed by atoms with Gasteiger partial charge >= 0.3 is 11.9 Å². The second-order valence-electron chi connectivity index (χ2n) is 3.18. The Hall–Kier alpha value is -1.72. The normalized spacial score (nSPS) is 12.2. The van der Waals surface area contributed by atoms with E-state index in [0.717, 1.165) is 0 Å². The van der Waals surface area contributed by atoms with Gasteiger partial charge in [0.15, 0.2) is 0 Å². The van der Waals surface area contributed by atoms with E-state index in [4.69, 9.17) is 0 Å². The molecule has 0 aliphatic heterocycles. The fraction of sp³-hybridized carbons (Fsp3) is 0.600. The van der Waals surface area contributed by atoms with Gasteiger partial charge in [0.2, 0.25) is 0 Å². The van der Waals surface area contributed by atoms with Crippen molar-refractivity contribution in [3.05, 3.63) is 0 Å². The van der Waals surface area contributed by atoms with E-state index in [0.29, 0.717) is 24.3 Å². The molecule has 90 valence electrons. The van der Waals surface area contributed by atoms with Crippen LogP contribution in [0, 0.1) is 0 Å². The quantitative estimate of drug-likeness (QED) is 0.407. The highest BCUT2D eigenvalue weighted by Crippen LogP contribution is 1.98. The number of nitrogens with zero attached hydrogens (tertiary/aromatic N) is 2. The van der Waals surface area contributed by atoms with Crippen LogP contribution in [-0.4, -0.2) is 23.4 Å². The predicted octanol–water partition coefficient (Wildman–Crippen LogP) is 1.64. The number of carbonyl (C=O) groups is 2. The van der Waals surface area contributed by atoms with Crippen molar-refractivity contribution in [1.82, 2.24) is 0 Å². The van der Waals surface area contributed by atoms with Crippen molar-refractivity contribution in [3.8, 4) is 0 Å². The summed E-state index contributed by atoms with van der Waals surface area (Å²) in [5, 5.41) is 7.24. The molecule has 0 heterocycles. The second-order valence-corrected chi connectivity index (χ2v) is 3.18. The lowest BCUT2D eigenvalue weighted by molar-refractivity contribution is -0.141. The van der Waals surface area contributed by atoms with Crippen molar-refractivity contribution < 1.29 is 19.3 Å². The zero-order chi connectivity index (χ0) is 12.6. The Morgan fingerprint density at radius 3 is 1.94 bits per heavy atom. The average molecular weight is 228 g/mol. The molecule has 0 aromatic carbocycles. The van der Waals surface area contributed by atoms with E-state index in [1.807, 2.05) is 6.92 Å². The van der Waals surface area contributed by atoms with Gasteiger partial charge in [-0.2, -0.15) is 0 Å². The van der Waals surface area contributed by atoms with E-state index in [1.54, 1.807) is 6.92 Å². The third-order valence-electron chi connectivity index (χ3n) is 1.50. The summed E-state index contributed by atoms with van der Waals surface area (Å²) in [6.45, 7) is 6.12. The Kier molecular flexibility index (Phi) is 6.74. The molecule has 16 heavy (non-hydrogen) atoms. The van der Waals surface area contributed by atoms with Crippen molar-refractivity contribution in [2.24, 2.45) is 10.3 Å². The monoisotopic (exact) mass is 228 g/mol. The number of hydrogen-bond donors (Lipinski definition) is 0. The molecule has 0 aromatic rings. The highest BCUT2D eigenvalue weighted by atomic mass is 16.7. The van der Waals surface area contributed by atoms with Crippen LogP contribution < -0.4 is 0 Å². The van der Waals surface area contributed by atoms with Crippen LogP contribution in [0.15, 0.2) is 10.3 Å². The standard InChI is InChI=1S/C10H16N2O4/c1-5-10(12-16-9(4)14)6-7(2)11-15-8(3)13/h5-6H2,1-4H3. The largest absolute Gasteiger partial charge is 0.331 e. The molecular weight excluding hydrogens is 212 g/mol. The van der Waals surface area contributed by atoms with Gasteiger partial charge in [-0.3, -0.25) is 0 Å². The van der Waals surface area contributed by atoms with E-state index >= 15 is 0 Å². The van der Waals surface area contributed by atoms with E-state index in [2.05, 4.69) is 20.0 Å². The Labute approximate surface area is 94.3 Å². The molecule has 0 saturated heterocycles. The van der Waals surface area contributed by atoms with Gasteiger partial charge in [0.05, 0.1) is 11.4 Å². The molecule has 6 heteroatoms. The van der Waals surface area contributed by atoms with Crippen LogP contribution >= 0.6 is 0 Å². The number of carbonyl (C=O) groups excluding carboxylic acids is 2. The number of oxime groups is 2. The van der Waals surface area contributed by atoms with Gasteiger partial charge in [-0.25, -0.2) is 9.59 Å². The SMILES string of the molecule is CCC(CC(C)=NOC(C)=O)=NOC(C)=O. The zero-order valence-electron chi connectivity index (χ0n) is 9.94. The molecule has 0 rings (SSSR count). The Balaban J connectivity index is 4.31. The van der Waals surface area contributed by atoms with E-state index in [1.165, 1.54) is 13.8 Å². The van der Waals surface area contributed by atoms with Crippen LogP contribution in [0.3, 0.4) is 0 Å². The van der Waals surface area contributed by atoms with Gasteiger partial charge in [0.1, 0.15) is 0 Å². The molecular formula is C10H16N2O4. The molecule has 0 radical (unpaired) electrons. The zero-order valence-corrected chi connectivity index (χ0v) is 9.94. The van der Waals surface area contributed by atoms with E-state index < -0.39 is 11.9 Å². The van der Waals surface area contributed by atoms with Gasteiger partial charge in [-0.15, -0.1) is 0 Å². The fourth-order valence-electron chi connectivity index (χ4n) is 0.820. The molecule has 0 aliphatic rings. The van der Waals surface area contributed by atoms with Crippen LogP contribution in [0.1, 0.15) is 40.5 Å². The molecule has 0 aromatic heterocycles. The van der Waals surface area contributed by atoms with Crippen LogP contribution in [0.4, 0.5) is 0 Å². The lowest BCUT2D eigenvalue weighted by Crippen LogP contribution is -2.07. The van der Waals surface area contributed by atoms with E-state index in [9.17, 15) is 9.59 Å². The minimum absolute atomic E-state index is 0.400. The van der Waals surface area contributed by atoms with Crippen molar-refractivity contribution in [1.29, 1.82) is 0 Å². The summed E-state index contributed by atoms with van der Waals surface area (Å²) in [6.07, 6.45) is 1.03. The van der Waals surface area contributed by atoms with Crippen molar-refractivity contribution in [2.45, 2.75) is 40.5 Å². The van der Waals surface area contributed by atoms with Crippen LogP contribution in [0.5, 0.6) is 0 Å². The van der Waals surface area contributed by atoms with E-state index in [-0.39, 0.29) is 0 Å². The second kappa shape index (κ2) is 7.56. The first-order valence-electron chi connectivity index (χ1n) is 4.90. The molecule has 0 N–H and O–H groups in total. The van der Waals surface area contributed by atoms with Crippen LogP contribution in [0.25, 0.3) is 0 Å². The topological polar surface area (TPSA) is 77.3 Å². The fourth-order valence-corrected chi connectivity index (χ4v) is 0.820. The molecule has 0 fully saturated rings. The number of rotatable bonds is 5. The van der Waals surface area contributed by atoms with Crippen molar-refractivity contribution in [3.63, 3.8) is 0 Å². The maximum Gasteiger partial charge on any atom is 0.331 e. The minimum Gasteiger partial charge on any atom is -0.319 e. The summed E-state index contributed by atoms with van der Waals surface area (Å²) in [4.78, 5) is 30.0. The third kappa shape index (κ3) is 7.66. The summed E-state index contributed by atoms with van der Waals surface area (Å²) >= 11 is 0. The Bertz CT molecular complexity index is 321. The summed E-state index contributed by atoms with van der Waals surface area (Å²) in [5.41, 5.74) is 1.24. The minimum atomic E-state index is -0.477. The average Bonchev–Trinajstić information content (AvgIpc) is 2.20. The molecule has 0 saturated carbocycles. The molecule has 0 aliphatic carbocycles. The first-order valence-corrected chi connectivity index (χ1v) is 4.90. The maximum atomic E-state index is 10.5. The highest BCUT2D eigenvalue weighted by molar-refractivity contribution is 6.03. The summed E-state index contributed by atoms with van der Waals surface area (Å²) in [7, 11) is 0. The molecule has 0 spiro atoms. The lowest BCUT2D eigenvalue weighted by atomic mass is 10.1. The van der Waals surface area contributed by atoms with Gasteiger partial charge < -0.3 is 9.68 Å². The maximum absolute atomic E-state index is 10.5. The third-order valence-corrected chi connectivity index (χ3v) is 1.50. The Morgan fingerprint density at radius 2 is 1.50 bits per heavy atom. The molecule has 6 nitrogen and oxygen atoms in total. The highest BCUT2D eigenvalue weighted by Gasteiger charge is 2.03. The number of hydrogen-bond acceptors (Lipinski definition) is 6. The molecule has 0 amide bonds. The van der Waals surface area contributed by atoms with Gasteiger partial charge in [0.25, 0.3) is 0 Å². The summed E-state index contributed by atoms with van der Waals surface area (Å²) in [6, 6.07) is 0. The Morgan fingerprint density at radius 1 is 1.00 bits per heavy atom. The summed E-state index contributed by atoms with van der Waals surface area (Å²) < 4.78 is 0.